The lowest BCUT2D eigenvalue weighted by atomic mass is 9.83. The molecular weight excluding hydrogens is 995 g/mol. The molecule has 79 heavy (non-hydrogen) atoms. The van der Waals surface area contributed by atoms with Crippen LogP contribution in [0.1, 0.15) is 149 Å². The molecule has 1 fully saturated rings. The van der Waals surface area contributed by atoms with E-state index in [2.05, 4.69) is 50.1 Å². The van der Waals surface area contributed by atoms with E-state index in [0.29, 0.717) is 12.0 Å². The standard InChI is InChI=1S/C63H83N9O7/c1-38(64-9)55(73)68-53(62(3,4)5)60(78)71-36-45-22-12-11-21-44(45)33-52(71)59(77)70(50-28-18-24-42-20-14-16-26-48(42)50)35-40-29-31-43(32-30-40)57(75)66-46-34-51(58(76)67-49-27-17-23-41-19-13-15-25-47(41)49)72(37-46)61(79)54(63(6,7)8)69-56(74)39(2)65-10/h11-16,19-22,25-26,29-32,38-39,46,49-54,64-65H,17-18,23-24,27-28,33-37H2,1-10H3,(H,66,75)(H,67,76)(H,68,73)(H,69,74)/t38-,39-,46-,49+,50+,51-,52-,53+,54+/m0/s1. The van der Waals surface area contributed by atoms with Gasteiger partial charge in [0.15, 0.2) is 0 Å². The summed E-state index contributed by atoms with van der Waals surface area (Å²) >= 11 is 0. The van der Waals surface area contributed by atoms with Gasteiger partial charge in [0, 0.05) is 37.7 Å². The lowest BCUT2D eigenvalue weighted by Crippen LogP contribution is -2.62. The van der Waals surface area contributed by atoms with Gasteiger partial charge in [-0.05, 0) is 135 Å². The number of fused-ring (bicyclic) bond motifs is 3. The summed E-state index contributed by atoms with van der Waals surface area (Å²) in [5.41, 5.74) is 6.16. The van der Waals surface area contributed by atoms with E-state index in [-0.39, 0.29) is 73.6 Å². The molecule has 0 aromatic heterocycles. The molecule has 8 rings (SSSR count). The van der Waals surface area contributed by atoms with Crippen LogP contribution in [-0.4, -0.2) is 119 Å². The summed E-state index contributed by atoms with van der Waals surface area (Å²) < 4.78 is 0. The Morgan fingerprint density at radius 1 is 0.608 bits per heavy atom. The van der Waals surface area contributed by atoms with E-state index in [1.807, 2.05) is 113 Å². The summed E-state index contributed by atoms with van der Waals surface area (Å²) in [5.74, 6) is -2.29. The van der Waals surface area contributed by atoms with E-state index in [1.165, 1.54) is 16.0 Å². The number of rotatable bonds is 16. The maximum atomic E-state index is 15.8. The minimum Gasteiger partial charge on any atom is -0.347 e. The fourth-order valence-electron chi connectivity index (χ4n) is 11.8. The molecule has 4 aromatic rings. The van der Waals surface area contributed by atoms with Crippen molar-refractivity contribution in [2.75, 3.05) is 20.6 Å². The zero-order chi connectivity index (χ0) is 56.9. The van der Waals surface area contributed by atoms with E-state index in [1.54, 1.807) is 45.0 Å². The Hall–Kier alpha value is -6.91. The molecule has 4 aliphatic rings. The Bertz CT molecular complexity index is 2890. The molecule has 2 heterocycles. The van der Waals surface area contributed by atoms with Crippen molar-refractivity contribution in [3.05, 3.63) is 142 Å². The van der Waals surface area contributed by atoms with Crippen molar-refractivity contribution in [1.82, 2.24) is 46.6 Å². The van der Waals surface area contributed by atoms with E-state index in [9.17, 15) is 24.0 Å². The first-order valence-electron chi connectivity index (χ1n) is 28.4. The van der Waals surface area contributed by atoms with Crippen LogP contribution in [0.15, 0.2) is 97.1 Å². The third-order valence-corrected chi connectivity index (χ3v) is 16.7. The number of likely N-dealkylation sites (tertiary alicyclic amines) is 1. The Morgan fingerprint density at radius 3 is 1.71 bits per heavy atom. The molecule has 7 amide bonds. The fraction of sp³-hybridized carbons (Fsp3) is 0.508. The second-order valence-corrected chi connectivity index (χ2v) is 24.4. The van der Waals surface area contributed by atoms with Gasteiger partial charge in [-0.15, -0.1) is 0 Å². The monoisotopic (exact) mass is 1080 g/mol. The molecule has 0 unspecified atom stereocenters. The molecule has 0 spiro atoms. The van der Waals surface area contributed by atoms with Crippen LogP contribution >= 0.6 is 0 Å². The molecule has 422 valence electrons. The second-order valence-electron chi connectivity index (χ2n) is 24.4. The van der Waals surface area contributed by atoms with E-state index in [0.717, 1.165) is 66.3 Å². The summed E-state index contributed by atoms with van der Waals surface area (Å²) in [6.45, 7) is 15.3. The highest BCUT2D eigenvalue weighted by Crippen LogP contribution is 2.38. The number of likely N-dealkylation sites (N-methyl/N-ethyl adjacent to an activating group) is 2. The van der Waals surface area contributed by atoms with E-state index < -0.39 is 59.0 Å². The van der Waals surface area contributed by atoms with Gasteiger partial charge in [0.25, 0.3) is 5.91 Å². The third kappa shape index (κ3) is 13.2. The number of hydrogen-bond donors (Lipinski definition) is 6. The number of amides is 7. The fourth-order valence-corrected chi connectivity index (χ4v) is 11.8. The van der Waals surface area contributed by atoms with E-state index >= 15 is 9.59 Å². The van der Waals surface area contributed by atoms with Gasteiger partial charge in [-0.1, -0.05) is 126 Å². The Balaban J connectivity index is 1.06. The molecule has 4 aromatic carbocycles. The highest BCUT2D eigenvalue weighted by molar-refractivity contribution is 5.97. The molecule has 2 aliphatic carbocycles. The quantitative estimate of drug-likeness (QED) is 0.0754. The summed E-state index contributed by atoms with van der Waals surface area (Å²) in [4.78, 5) is 106. The first-order valence-corrected chi connectivity index (χ1v) is 28.4. The Labute approximate surface area is 467 Å². The van der Waals surface area contributed by atoms with Crippen molar-refractivity contribution >= 4 is 41.4 Å². The maximum absolute atomic E-state index is 15.8. The van der Waals surface area contributed by atoms with Gasteiger partial charge in [0.05, 0.1) is 24.2 Å². The summed E-state index contributed by atoms with van der Waals surface area (Å²) in [5, 5.41) is 18.3. The predicted octanol–water partition coefficient (Wildman–Crippen LogP) is 6.22. The first-order chi connectivity index (χ1) is 37.6. The Kier molecular flexibility index (Phi) is 18.2. The van der Waals surface area contributed by atoms with Gasteiger partial charge in [-0.2, -0.15) is 0 Å². The number of benzene rings is 4. The van der Waals surface area contributed by atoms with Crippen LogP contribution in [-0.2, 0) is 61.1 Å². The SMILES string of the molecule is CN[C@@H](C)C(=O)N[C@H](C(=O)N1C[C@@H](NC(=O)c2ccc(CN(C(=O)[C@@H]3Cc4ccccc4CN3C(=O)[C@@H](NC(=O)[C@H](C)NC)C(C)(C)C)[C@@H]3CCCc4ccccc43)cc2)C[C@H]1C(=O)N[C@@H]1CCCc2ccccc21)C(C)(C)C. The number of hydrogen-bond acceptors (Lipinski definition) is 9. The van der Waals surface area contributed by atoms with Gasteiger partial charge in [-0.25, -0.2) is 0 Å². The van der Waals surface area contributed by atoms with E-state index in [4.69, 9.17) is 0 Å². The number of nitrogens with one attached hydrogen (secondary N) is 6. The summed E-state index contributed by atoms with van der Waals surface area (Å²) in [7, 11) is 3.37. The summed E-state index contributed by atoms with van der Waals surface area (Å²) in [6.07, 6.45) is 5.51. The van der Waals surface area contributed by atoms with Gasteiger partial charge in [0.2, 0.25) is 35.4 Å². The van der Waals surface area contributed by atoms with Crippen LogP contribution in [0.3, 0.4) is 0 Å². The lowest BCUT2D eigenvalue weighted by Gasteiger charge is -2.44. The summed E-state index contributed by atoms with van der Waals surface area (Å²) in [6, 6.07) is 25.4. The number of carbonyl (C=O) groups is 7. The van der Waals surface area contributed by atoms with Gasteiger partial charge < -0.3 is 46.6 Å². The van der Waals surface area contributed by atoms with Crippen LogP contribution in [0.2, 0.25) is 0 Å². The average molecular weight is 1080 g/mol. The average Bonchev–Trinajstić information content (AvgIpc) is 3.96. The van der Waals surface area contributed by atoms with Crippen LogP contribution in [0.4, 0.5) is 0 Å². The van der Waals surface area contributed by atoms with Crippen LogP contribution < -0.4 is 31.9 Å². The molecule has 6 N–H and O–H groups in total. The van der Waals surface area contributed by atoms with Crippen LogP contribution in [0.25, 0.3) is 0 Å². The van der Waals surface area contributed by atoms with Gasteiger partial charge in [-0.3, -0.25) is 33.6 Å². The normalized spacial score (nSPS) is 21.4. The number of nitrogens with zero attached hydrogens (tertiary/aromatic N) is 3. The van der Waals surface area contributed by atoms with Crippen molar-refractivity contribution < 1.29 is 33.6 Å². The molecule has 1 saturated heterocycles. The molecule has 9 atom stereocenters. The molecule has 16 heteroatoms. The highest BCUT2D eigenvalue weighted by atomic mass is 16.2. The molecule has 2 aliphatic heterocycles. The van der Waals surface area contributed by atoms with Gasteiger partial charge >= 0.3 is 0 Å². The van der Waals surface area contributed by atoms with Crippen molar-refractivity contribution in [3.8, 4) is 0 Å². The van der Waals surface area contributed by atoms with Crippen LogP contribution in [0.5, 0.6) is 0 Å². The van der Waals surface area contributed by atoms with Crippen LogP contribution in [0, 0.1) is 10.8 Å². The molecule has 0 bridgehead atoms. The van der Waals surface area contributed by atoms with Crippen molar-refractivity contribution in [3.63, 3.8) is 0 Å². The number of aryl methyl sites for hydroxylation is 2. The zero-order valence-corrected chi connectivity index (χ0v) is 47.9. The zero-order valence-electron chi connectivity index (χ0n) is 47.9. The number of carbonyl (C=O) groups excluding carboxylic acids is 7. The van der Waals surface area contributed by atoms with Crippen molar-refractivity contribution in [2.24, 2.45) is 10.8 Å². The molecular formula is C63H83N9O7. The minimum absolute atomic E-state index is 0.0507. The smallest absolute Gasteiger partial charge is 0.251 e. The van der Waals surface area contributed by atoms with Crippen molar-refractivity contribution in [1.29, 1.82) is 0 Å². The maximum Gasteiger partial charge on any atom is 0.251 e. The van der Waals surface area contributed by atoms with Crippen molar-refractivity contribution in [2.45, 2.75) is 174 Å². The predicted molar refractivity (Wildman–Crippen MR) is 305 cm³/mol. The minimum atomic E-state index is -0.963. The largest absolute Gasteiger partial charge is 0.347 e. The molecule has 0 radical (unpaired) electrons. The first kappa shape index (κ1) is 58.2. The molecule has 0 saturated carbocycles. The topological polar surface area (TPSA) is 201 Å². The third-order valence-electron chi connectivity index (χ3n) is 16.7. The van der Waals surface area contributed by atoms with Gasteiger partial charge in [0.1, 0.15) is 24.2 Å². The second kappa shape index (κ2) is 24.6. The lowest BCUT2D eigenvalue weighted by molar-refractivity contribution is -0.152. The highest BCUT2D eigenvalue weighted by Gasteiger charge is 2.47. The molecule has 16 nitrogen and oxygen atoms in total. The Morgan fingerprint density at radius 2 is 1.13 bits per heavy atom.